The van der Waals surface area contributed by atoms with Gasteiger partial charge in [0.2, 0.25) is 0 Å². The van der Waals surface area contributed by atoms with E-state index in [1.165, 1.54) is 41.0 Å². The summed E-state index contributed by atoms with van der Waals surface area (Å²) < 4.78 is 0. The van der Waals surface area contributed by atoms with E-state index in [1.54, 1.807) is 17.3 Å². The van der Waals surface area contributed by atoms with E-state index < -0.39 is 0 Å². The minimum absolute atomic E-state index is 0.737. The van der Waals surface area contributed by atoms with Crippen LogP contribution in [-0.2, 0) is 0 Å². The van der Waals surface area contributed by atoms with E-state index in [4.69, 9.17) is 0 Å². The Morgan fingerprint density at radius 1 is 1.23 bits per heavy atom. The Balaban J connectivity index is 1.51. The molecule has 0 radical (unpaired) electrons. The third-order valence-corrected chi connectivity index (χ3v) is 6.85. The van der Waals surface area contributed by atoms with Gasteiger partial charge in [-0.2, -0.15) is 0 Å². The van der Waals surface area contributed by atoms with Crippen LogP contribution in [0.5, 0.6) is 0 Å². The van der Waals surface area contributed by atoms with Gasteiger partial charge in [-0.05, 0) is 67.7 Å². The average molecular weight is 362 g/mol. The fourth-order valence-corrected chi connectivity index (χ4v) is 5.32. The van der Waals surface area contributed by atoms with Crippen LogP contribution in [-0.4, -0.2) is 12.6 Å². The number of hydrogen-bond donors (Lipinski definition) is 0. The van der Waals surface area contributed by atoms with E-state index in [0.717, 1.165) is 23.4 Å². The Labute approximate surface area is 161 Å². The molecular formula is C24H27NS. The van der Waals surface area contributed by atoms with Crippen LogP contribution in [0.15, 0.2) is 64.9 Å². The van der Waals surface area contributed by atoms with Crippen molar-refractivity contribution in [2.45, 2.75) is 50.0 Å². The molecule has 0 aromatic heterocycles. The van der Waals surface area contributed by atoms with Gasteiger partial charge in [-0.15, -0.1) is 0 Å². The predicted octanol–water partition coefficient (Wildman–Crippen LogP) is 6.79. The molecule has 1 nitrogen and oxygen atoms in total. The Bertz CT molecular complexity index is 851. The highest BCUT2D eigenvalue weighted by Gasteiger charge is 2.40. The van der Waals surface area contributed by atoms with Crippen LogP contribution in [0.25, 0.3) is 6.08 Å². The number of anilines is 1. The van der Waals surface area contributed by atoms with Gasteiger partial charge < -0.3 is 4.90 Å². The van der Waals surface area contributed by atoms with Gasteiger partial charge in [-0.25, -0.2) is 0 Å². The first-order chi connectivity index (χ1) is 12.7. The van der Waals surface area contributed by atoms with Gasteiger partial charge in [0.1, 0.15) is 0 Å². The lowest BCUT2D eigenvalue weighted by molar-refractivity contribution is 0.601. The van der Waals surface area contributed by atoms with Gasteiger partial charge in [0.15, 0.2) is 0 Å². The molecule has 2 aliphatic rings. The first-order valence-electron chi connectivity index (χ1n) is 9.68. The van der Waals surface area contributed by atoms with Crippen LogP contribution >= 0.6 is 11.8 Å². The molecule has 0 N–H and O–H groups in total. The highest BCUT2D eigenvalue weighted by atomic mass is 32.2. The highest BCUT2D eigenvalue weighted by Crippen LogP contribution is 2.49. The monoisotopic (exact) mass is 361 g/mol. The smallest absolute Gasteiger partial charge is 0.0405 e. The normalized spacial score (nSPS) is 21.2. The molecule has 0 amide bonds. The van der Waals surface area contributed by atoms with Crippen molar-refractivity contribution in [1.29, 1.82) is 0 Å². The van der Waals surface area contributed by atoms with E-state index >= 15 is 0 Å². The summed E-state index contributed by atoms with van der Waals surface area (Å²) in [7, 11) is 0. The maximum Gasteiger partial charge on any atom is 0.0405 e. The Kier molecular flexibility index (Phi) is 4.95. The van der Waals surface area contributed by atoms with Crippen molar-refractivity contribution in [3.63, 3.8) is 0 Å². The number of likely N-dealkylation sites (N-methyl/N-ethyl adjacent to an activating group) is 1. The third kappa shape index (κ3) is 3.23. The molecule has 1 saturated carbocycles. The number of benzene rings is 2. The molecule has 1 heterocycles. The molecule has 2 aromatic carbocycles. The molecule has 134 valence electrons. The van der Waals surface area contributed by atoms with Gasteiger partial charge in [-0.3, -0.25) is 0 Å². The zero-order valence-corrected chi connectivity index (χ0v) is 16.6. The zero-order chi connectivity index (χ0) is 18.1. The molecule has 0 spiro atoms. The Morgan fingerprint density at radius 2 is 2.08 bits per heavy atom. The molecule has 0 bridgehead atoms. The fourth-order valence-electron chi connectivity index (χ4n) is 4.53. The highest BCUT2D eigenvalue weighted by molar-refractivity contribution is 8.03. The van der Waals surface area contributed by atoms with Crippen LogP contribution in [0.1, 0.15) is 48.8 Å². The molecule has 26 heavy (non-hydrogen) atoms. The summed E-state index contributed by atoms with van der Waals surface area (Å²) in [6.07, 6.45) is 8.43. The average Bonchev–Trinajstić information content (AvgIpc) is 3.22. The van der Waals surface area contributed by atoms with E-state index in [2.05, 4.69) is 79.9 Å². The number of fused-ring (bicyclic) bond motifs is 3. The van der Waals surface area contributed by atoms with Crippen molar-refractivity contribution in [1.82, 2.24) is 0 Å². The summed E-state index contributed by atoms with van der Waals surface area (Å²) in [5.41, 5.74) is 5.62. The van der Waals surface area contributed by atoms with Gasteiger partial charge in [-0.1, -0.05) is 55.1 Å². The van der Waals surface area contributed by atoms with E-state index in [1.807, 2.05) is 0 Å². The van der Waals surface area contributed by atoms with Crippen LogP contribution in [0.4, 0.5) is 5.69 Å². The number of hydrogen-bond acceptors (Lipinski definition) is 2. The standard InChI is InChI=1S/C24H27NS/c1-4-25-22-10-7-9-20(22)21-16-19(14-15-23(21)25)13-12-18(3)26-24-11-6-5-8-17(24)2/h5-6,8,11-16,20,22H,3-4,7,9-10H2,1-2H3/b13-12+. The fraction of sp³-hybridized carbons (Fsp3) is 0.333. The molecule has 4 rings (SSSR count). The molecule has 1 fully saturated rings. The van der Waals surface area contributed by atoms with Crippen molar-refractivity contribution >= 4 is 23.5 Å². The molecule has 0 saturated heterocycles. The lowest BCUT2D eigenvalue weighted by atomic mass is 9.96. The molecule has 1 aliphatic heterocycles. The molecule has 2 aromatic rings. The Hall–Kier alpha value is -1.93. The number of aryl methyl sites for hydroxylation is 1. The largest absolute Gasteiger partial charge is 0.368 e. The topological polar surface area (TPSA) is 3.24 Å². The molecule has 2 unspecified atom stereocenters. The minimum Gasteiger partial charge on any atom is -0.368 e. The predicted molar refractivity (Wildman–Crippen MR) is 115 cm³/mol. The summed E-state index contributed by atoms with van der Waals surface area (Å²) in [6, 6.07) is 16.2. The SMILES string of the molecule is C=C(/C=C/c1ccc2c(c1)C1CCCC1N2CC)Sc1ccccc1C. The zero-order valence-electron chi connectivity index (χ0n) is 15.7. The summed E-state index contributed by atoms with van der Waals surface area (Å²) in [6.45, 7) is 9.78. The van der Waals surface area contributed by atoms with Crippen molar-refractivity contribution in [3.05, 3.63) is 76.7 Å². The van der Waals surface area contributed by atoms with Crippen LogP contribution in [0.2, 0.25) is 0 Å². The van der Waals surface area contributed by atoms with Gasteiger partial charge in [0.25, 0.3) is 0 Å². The molecule has 1 aliphatic carbocycles. The quantitative estimate of drug-likeness (QED) is 0.426. The maximum absolute atomic E-state index is 4.23. The van der Waals surface area contributed by atoms with E-state index in [-0.39, 0.29) is 0 Å². The second-order valence-electron chi connectivity index (χ2n) is 7.38. The van der Waals surface area contributed by atoms with Crippen LogP contribution in [0.3, 0.4) is 0 Å². The summed E-state index contributed by atoms with van der Waals surface area (Å²) in [4.78, 5) is 4.98. The van der Waals surface area contributed by atoms with Crippen LogP contribution in [0, 0.1) is 6.92 Å². The molecular weight excluding hydrogens is 334 g/mol. The van der Waals surface area contributed by atoms with Crippen molar-refractivity contribution in [2.75, 3.05) is 11.4 Å². The molecule has 2 heteroatoms. The van der Waals surface area contributed by atoms with Crippen molar-refractivity contribution in [3.8, 4) is 0 Å². The first kappa shape index (κ1) is 17.5. The van der Waals surface area contributed by atoms with Crippen LogP contribution < -0.4 is 4.90 Å². The Morgan fingerprint density at radius 3 is 2.88 bits per heavy atom. The lowest BCUT2D eigenvalue weighted by Crippen LogP contribution is -2.30. The second kappa shape index (κ2) is 7.36. The lowest BCUT2D eigenvalue weighted by Gasteiger charge is -2.25. The van der Waals surface area contributed by atoms with Crippen molar-refractivity contribution in [2.24, 2.45) is 0 Å². The summed E-state index contributed by atoms with van der Waals surface area (Å²) in [5.74, 6) is 0.739. The summed E-state index contributed by atoms with van der Waals surface area (Å²) in [5, 5.41) is 0. The second-order valence-corrected chi connectivity index (χ2v) is 8.54. The number of thioether (sulfide) groups is 1. The van der Waals surface area contributed by atoms with Gasteiger partial charge in [0, 0.05) is 34.0 Å². The van der Waals surface area contributed by atoms with E-state index in [0.29, 0.717) is 0 Å². The summed E-state index contributed by atoms with van der Waals surface area (Å²) >= 11 is 1.74. The molecule has 2 atom stereocenters. The number of rotatable bonds is 5. The van der Waals surface area contributed by atoms with Gasteiger partial charge >= 0.3 is 0 Å². The minimum atomic E-state index is 0.737. The third-order valence-electron chi connectivity index (χ3n) is 5.78. The van der Waals surface area contributed by atoms with E-state index in [9.17, 15) is 0 Å². The number of nitrogens with zero attached hydrogens (tertiary/aromatic N) is 1. The first-order valence-corrected chi connectivity index (χ1v) is 10.5. The number of allylic oxidation sites excluding steroid dienone is 1. The van der Waals surface area contributed by atoms with Crippen molar-refractivity contribution < 1.29 is 0 Å². The van der Waals surface area contributed by atoms with Gasteiger partial charge in [0.05, 0.1) is 0 Å². The maximum atomic E-state index is 4.23.